The summed E-state index contributed by atoms with van der Waals surface area (Å²) in [5, 5.41) is 0. The van der Waals surface area contributed by atoms with Crippen LogP contribution in [0.2, 0.25) is 0 Å². The van der Waals surface area contributed by atoms with Crippen LogP contribution in [0.4, 0.5) is 0 Å². The molecule has 14 heavy (non-hydrogen) atoms. The fraction of sp³-hybridized carbons (Fsp3) is 1.00. The first-order chi connectivity index (χ1) is 6.50. The van der Waals surface area contributed by atoms with Crippen molar-refractivity contribution in [2.24, 2.45) is 5.41 Å². The molecule has 2 fully saturated rings. The van der Waals surface area contributed by atoms with Crippen molar-refractivity contribution in [2.75, 3.05) is 32.4 Å². The predicted molar refractivity (Wildman–Crippen MR) is 58.6 cm³/mol. The van der Waals surface area contributed by atoms with Gasteiger partial charge in [0.1, 0.15) is 0 Å². The van der Waals surface area contributed by atoms with E-state index in [-0.39, 0.29) is 5.41 Å². The standard InChI is InChI=1S/C8H16N2O2S2/c1-9-4-5-10(14(9,11)12)6-8(7-13)2-3-8/h13H,2-7H2,1H3. The van der Waals surface area contributed by atoms with Gasteiger partial charge >= 0.3 is 0 Å². The number of thiol groups is 1. The quantitative estimate of drug-likeness (QED) is 0.711. The van der Waals surface area contributed by atoms with Crippen LogP contribution in [-0.4, -0.2) is 49.5 Å². The van der Waals surface area contributed by atoms with Gasteiger partial charge in [-0.1, -0.05) is 0 Å². The van der Waals surface area contributed by atoms with Crippen molar-refractivity contribution < 1.29 is 8.42 Å². The van der Waals surface area contributed by atoms with Crippen molar-refractivity contribution in [3.63, 3.8) is 0 Å². The summed E-state index contributed by atoms with van der Waals surface area (Å²) in [6.45, 7) is 1.91. The highest BCUT2D eigenvalue weighted by Crippen LogP contribution is 2.47. The molecule has 0 bridgehead atoms. The zero-order valence-electron chi connectivity index (χ0n) is 8.31. The van der Waals surface area contributed by atoms with Crippen molar-refractivity contribution in [2.45, 2.75) is 12.8 Å². The lowest BCUT2D eigenvalue weighted by Crippen LogP contribution is -2.35. The van der Waals surface area contributed by atoms with E-state index >= 15 is 0 Å². The van der Waals surface area contributed by atoms with Crippen LogP contribution in [0.5, 0.6) is 0 Å². The van der Waals surface area contributed by atoms with E-state index < -0.39 is 10.2 Å². The Morgan fingerprint density at radius 2 is 2.00 bits per heavy atom. The summed E-state index contributed by atoms with van der Waals surface area (Å²) in [7, 11) is -1.50. The topological polar surface area (TPSA) is 40.6 Å². The minimum absolute atomic E-state index is 0.182. The van der Waals surface area contributed by atoms with Gasteiger partial charge in [-0.2, -0.15) is 29.7 Å². The van der Waals surface area contributed by atoms with Gasteiger partial charge in [0.25, 0.3) is 10.2 Å². The molecule has 2 rings (SSSR count). The van der Waals surface area contributed by atoms with Crippen molar-refractivity contribution in [3.05, 3.63) is 0 Å². The zero-order chi connectivity index (χ0) is 10.4. The molecular weight excluding hydrogens is 220 g/mol. The first kappa shape index (κ1) is 10.7. The minimum atomic E-state index is -3.14. The number of nitrogens with zero attached hydrogens (tertiary/aromatic N) is 2. The van der Waals surface area contributed by atoms with Crippen LogP contribution in [0, 0.1) is 5.41 Å². The van der Waals surface area contributed by atoms with Crippen molar-refractivity contribution in [1.29, 1.82) is 0 Å². The Balaban J connectivity index is 2.07. The normalized spacial score (nSPS) is 30.7. The molecule has 6 heteroatoms. The minimum Gasteiger partial charge on any atom is -0.195 e. The van der Waals surface area contributed by atoms with Crippen LogP contribution in [0.15, 0.2) is 0 Å². The Labute approximate surface area is 90.9 Å². The van der Waals surface area contributed by atoms with Crippen molar-refractivity contribution in [3.8, 4) is 0 Å². The molecule has 0 amide bonds. The predicted octanol–water partition coefficient (Wildman–Crippen LogP) is 0.189. The first-order valence-corrected chi connectivity index (χ1v) is 6.85. The Kier molecular flexibility index (Phi) is 2.58. The zero-order valence-corrected chi connectivity index (χ0v) is 10.0. The molecule has 0 spiro atoms. The molecule has 0 radical (unpaired) electrons. The molecule has 0 aromatic rings. The molecule has 0 unspecified atom stereocenters. The van der Waals surface area contributed by atoms with Gasteiger partial charge in [0, 0.05) is 26.7 Å². The molecule has 2 aliphatic rings. The second-order valence-corrected chi connectivity index (χ2v) is 6.67. The number of hydrogen-bond donors (Lipinski definition) is 1. The molecule has 0 aromatic carbocycles. The molecule has 82 valence electrons. The summed E-state index contributed by atoms with van der Waals surface area (Å²) >= 11 is 4.28. The SMILES string of the molecule is CN1CCN(CC2(CS)CC2)S1(=O)=O. The van der Waals surface area contributed by atoms with Gasteiger partial charge in [0.15, 0.2) is 0 Å². The molecule has 1 saturated heterocycles. The molecule has 1 heterocycles. The second kappa shape index (κ2) is 3.37. The third-order valence-corrected chi connectivity index (χ3v) is 5.79. The maximum atomic E-state index is 11.7. The summed E-state index contributed by atoms with van der Waals surface area (Å²) < 4.78 is 26.5. The van der Waals surface area contributed by atoms with Crippen LogP contribution in [0.25, 0.3) is 0 Å². The Morgan fingerprint density at radius 1 is 1.36 bits per heavy atom. The van der Waals surface area contributed by atoms with E-state index in [2.05, 4.69) is 12.6 Å². The molecular formula is C8H16N2O2S2. The van der Waals surface area contributed by atoms with Gasteiger partial charge in [-0.3, -0.25) is 0 Å². The molecule has 0 N–H and O–H groups in total. The van der Waals surface area contributed by atoms with Gasteiger partial charge in [0.2, 0.25) is 0 Å². The van der Waals surface area contributed by atoms with E-state index in [1.54, 1.807) is 11.4 Å². The van der Waals surface area contributed by atoms with Crippen LogP contribution in [0.3, 0.4) is 0 Å². The second-order valence-electron chi connectivity index (χ2n) is 4.32. The maximum absolute atomic E-state index is 11.7. The Bertz CT molecular complexity index is 324. The summed E-state index contributed by atoms with van der Waals surface area (Å²) in [4.78, 5) is 0. The third kappa shape index (κ3) is 1.68. The highest BCUT2D eigenvalue weighted by Gasteiger charge is 2.46. The van der Waals surface area contributed by atoms with Gasteiger partial charge in [0.05, 0.1) is 0 Å². The van der Waals surface area contributed by atoms with E-state index in [1.165, 1.54) is 4.31 Å². The molecule has 1 aliphatic carbocycles. The average molecular weight is 236 g/mol. The maximum Gasteiger partial charge on any atom is 0.281 e. The molecule has 0 aromatic heterocycles. The number of likely N-dealkylation sites (N-methyl/N-ethyl adjacent to an activating group) is 1. The smallest absolute Gasteiger partial charge is 0.195 e. The fourth-order valence-corrected chi connectivity index (χ4v) is 3.63. The summed E-state index contributed by atoms with van der Waals surface area (Å²) in [6.07, 6.45) is 2.23. The van der Waals surface area contributed by atoms with Crippen LogP contribution >= 0.6 is 12.6 Å². The van der Waals surface area contributed by atoms with Crippen molar-refractivity contribution >= 4 is 22.8 Å². The fourth-order valence-electron chi connectivity index (χ4n) is 1.76. The molecule has 1 saturated carbocycles. The average Bonchev–Trinajstić information content (AvgIpc) is 2.87. The lowest BCUT2D eigenvalue weighted by Gasteiger charge is -2.20. The van der Waals surface area contributed by atoms with Crippen LogP contribution < -0.4 is 0 Å². The van der Waals surface area contributed by atoms with Crippen LogP contribution in [-0.2, 0) is 10.2 Å². The first-order valence-electron chi connectivity index (χ1n) is 4.82. The van der Waals surface area contributed by atoms with Gasteiger partial charge in [-0.25, -0.2) is 0 Å². The van der Waals surface area contributed by atoms with E-state index in [0.717, 1.165) is 18.6 Å². The molecule has 4 nitrogen and oxygen atoms in total. The number of rotatable bonds is 3. The molecule has 0 atom stereocenters. The largest absolute Gasteiger partial charge is 0.281 e. The Hall–Kier alpha value is 0.220. The van der Waals surface area contributed by atoms with E-state index in [0.29, 0.717) is 19.6 Å². The summed E-state index contributed by atoms with van der Waals surface area (Å²) in [5.41, 5.74) is 0.182. The van der Waals surface area contributed by atoms with Gasteiger partial charge in [-0.05, 0) is 24.0 Å². The number of hydrogen-bond acceptors (Lipinski definition) is 3. The summed E-state index contributed by atoms with van der Waals surface area (Å²) in [6, 6.07) is 0. The monoisotopic (exact) mass is 236 g/mol. The van der Waals surface area contributed by atoms with Gasteiger partial charge < -0.3 is 0 Å². The third-order valence-electron chi connectivity index (χ3n) is 3.19. The lowest BCUT2D eigenvalue weighted by molar-refractivity contribution is 0.373. The molecule has 1 aliphatic heterocycles. The van der Waals surface area contributed by atoms with Gasteiger partial charge in [-0.15, -0.1) is 0 Å². The van der Waals surface area contributed by atoms with E-state index in [1.807, 2.05) is 0 Å². The lowest BCUT2D eigenvalue weighted by atomic mass is 10.1. The van der Waals surface area contributed by atoms with E-state index in [4.69, 9.17) is 0 Å². The van der Waals surface area contributed by atoms with Crippen LogP contribution in [0.1, 0.15) is 12.8 Å². The Morgan fingerprint density at radius 3 is 2.36 bits per heavy atom. The van der Waals surface area contributed by atoms with Crippen molar-refractivity contribution in [1.82, 2.24) is 8.61 Å². The summed E-state index contributed by atoms with van der Waals surface area (Å²) in [5.74, 6) is 0.794. The highest BCUT2D eigenvalue weighted by atomic mass is 32.2. The van der Waals surface area contributed by atoms with E-state index in [9.17, 15) is 8.42 Å². The highest BCUT2D eigenvalue weighted by molar-refractivity contribution is 7.87.